The van der Waals surface area contributed by atoms with Gasteiger partial charge in [0.05, 0.1) is 18.4 Å². The zero-order valence-corrected chi connectivity index (χ0v) is 12.0. The minimum Gasteiger partial charge on any atom is -0.368 e. The average molecular weight is 283 g/mol. The third kappa shape index (κ3) is 3.17. The van der Waals surface area contributed by atoms with Crippen molar-refractivity contribution in [3.8, 4) is 6.07 Å². The van der Waals surface area contributed by atoms with E-state index in [9.17, 15) is 0 Å². The van der Waals surface area contributed by atoms with E-state index in [2.05, 4.69) is 30.0 Å². The number of pyridine rings is 1. The quantitative estimate of drug-likeness (QED) is 0.892. The van der Waals surface area contributed by atoms with E-state index in [0.29, 0.717) is 5.69 Å². The summed E-state index contributed by atoms with van der Waals surface area (Å²) in [6.45, 7) is 6.51. The average Bonchev–Trinajstić information content (AvgIpc) is 2.93. The van der Waals surface area contributed by atoms with Gasteiger partial charge in [-0.2, -0.15) is 10.4 Å². The molecule has 0 unspecified atom stereocenters. The van der Waals surface area contributed by atoms with Gasteiger partial charge in [0.2, 0.25) is 0 Å². The van der Waals surface area contributed by atoms with E-state index in [1.54, 1.807) is 12.3 Å². The van der Waals surface area contributed by atoms with E-state index in [1.165, 1.54) is 0 Å². The van der Waals surface area contributed by atoms with Crippen LogP contribution in [0.2, 0.25) is 0 Å². The largest absolute Gasteiger partial charge is 0.368 e. The number of piperazine rings is 1. The number of aryl methyl sites for hydroxylation is 1. The minimum atomic E-state index is 0.456. The van der Waals surface area contributed by atoms with Crippen LogP contribution in [-0.2, 0) is 6.54 Å². The van der Waals surface area contributed by atoms with Gasteiger partial charge in [-0.05, 0) is 19.1 Å². The van der Waals surface area contributed by atoms with Gasteiger partial charge in [0, 0.05) is 26.2 Å². The Morgan fingerprint density at radius 1 is 1.29 bits per heavy atom. The van der Waals surface area contributed by atoms with Crippen molar-refractivity contribution in [1.29, 1.82) is 5.26 Å². The highest BCUT2D eigenvalue weighted by Crippen LogP contribution is 2.16. The summed E-state index contributed by atoms with van der Waals surface area (Å²) in [6.07, 6.45) is 1.77. The van der Waals surface area contributed by atoms with Crippen LogP contribution < -0.4 is 4.90 Å². The van der Waals surface area contributed by atoms with E-state index >= 15 is 0 Å². The fourth-order valence-electron chi connectivity index (χ4n) is 2.46. The summed E-state index contributed by atoms with van der Waals surface area (Å²) in [5.74, 6) is 1.70. The summed E-state index contributed by atoms with van der Waals surface area (Å²) < 4.78 is 0. The Labute approximate surface area is 123 Å². The van der Waals surface area contributed by atoms with Crippen LogP contribution in [0.5, 0.6) is 0 Å². The van der Waals surface area contributed by atoms with Gasteiger partial charge in [0.25, 0.3) is 0 Å². The van der Waals surface area contributed by atoms with Gasteiger partial charge in [0.1, 0.15) is 17.6 Å². The second-order valence-electron chi connectivity index (χ2n) is 5.11. The van der Waals surface area contributed by atoms with Crippen molar-refractivity contribution in [2.75, 3.05) is 31.1 Å². The van der Waals surface area contributed by atoms with Gasteiger partial charge in [-0.1, -0.05) is 0 Å². The maximum absolute atomic E-state index is 8.77. The fraction of sp³-hybridized carbons (Fsp3) is 0.429. The summed E-state index contributed by atoms with van der Waals surface area (Å²) in [4.78, 5) is 13.1. The summed E-state index contributed by atoms with van der Waals surface area (Å²) >= 11 is 0. The Morgan fingerprint density at radius 3 is 2.67 bits per heavy atom. The van der Waals surface area contributed by atoms with Crippen molar-refractivity contribution in [1.82, 2.24) is 25.1 Å². The lowest BCUT2D eigenvalue weighted by atomic mass is 10.2. The smallest absolute Gasteiger partial charge is 0.164 e. The molecule has 3 rings (SSSR count). The van der Waals surface area contributed by atoms with Crippen LogP contribution in [0, 0.1) is 18.3 Å². The molecule has 7 heteroatoms. The third-order valence-electron chi connectivity index (χ3n) is 3.61. The monoisotopic (exact) mass is 283 g/mol. The molecule has 0 bridgehead atoms. The van der Waals surface area contributed by atoms with E-state index in [4.69, 9.17) is 5.26 Å². The van der Waals surface area contributed by atoms with Crippen molar-refractivity contribution >= 4 is 5.69 Å². The molecule has 2 aromatic rings. The van der Waals surface area contributed by atoms with Crippen molar-refractivity contribution in [2.45, 2.75) is 13.5 Å². The van der Waals surface area contributed by atoms with Gasteiger partial charge < -0.3 is 4.90 Å². The first kappa shape index (κ1) is 13.5. The summed E-state index contributed by atoms with van der Waals surface area (Å²) in [7, 11) is 0. The Hall–Kier alpha value is -2.46. The lowest BCUT2D eigenvalue weighted by Crippen LogP contribution is -2.46. The first-order valence-electron chi connectivity index (χ1n) is 6.96. The molecule has 108 valence electrons. The molecule has 0 amide bonds. The fourth-order valence-corrected chi connectivity index (χ4v) is 2.46. The summed E-state index contributed by atoms with van der Waals surface area (Å²) in [5, 5.41) is 15.8. The van der Waals surface area contributed by atoms with Crippen molar-refractivity contribution in [3.05, 3.63) is 35.7 Å². The molecule has 1 N–H and O–H groups in total. The van der Waals surface area contributed by atoms with Gasteiger partial charge >= 0.3 is 0 Å². The van der Waals surface area contributed by atoms with Crippen molar-refractivity contribution in [3.63, 3.8) is 0 Å². The van der Waals surface area contributed by atoms with Crippen LogP contribution in [0.15, 0.2) is 18.3 Å². The van der Waals surface area contributed by atoms with Crippen LogP contribution in [-0.4, -0.2) is 51.2 Å². The molecule has 1 saturated heterocycles. The molecule has 2 aromatic heterocycles. The predicted molar refractivity (Wildman–Crippen MR) is 77.6 cm³/mol. The van der Waals surface area contributed by atoms with Gasteiger partial charge in [-0.15, -0.1) is 0 Å². The van der Waals surface area contributed by atoms with Crippen LogP contribution in [0.3, 0.4) is 0 Å². The SMILES string of the molecule is Cc1nc(CN2CCN(c3ccc(C#N)nc3)CC2)n[nH]1. The van der Waals surface area contributed by atoms with E-state index in [0.717, 1.165) is 50.1 Å². The summed E-state index contributed by atoms with van der Waals surface area (Å²) in [6, 6.07) is 5.76. The van der Waals surface area contributed by atoms with Gasteiger partial charge in [-0.3, -0.25) is 10.00 Å². The molecular weight excluding hydrogens is 266 g/mol. The second-order valence-corrected chi connectivity index (χ2v) is 5.11. The molecule has 0 atom stereocenters. The number of hydrogen-bond acceptors (Lipinski definition) is 6. The molecule has 7 nitrogen and oxygen atoms in total. The molecule has 0 spiro atoms. The standard InChI is InChI=1S/C14H17N7/c1-11-17-14(19-18-11)10-20-4-6-21(7-5-20)13-3-2-12(8-15)16-9-13/h2-3,9H,4-7,10H2,1H3,(H,17,18,19). The lowest BCUT2D eigenvalue weighted by Gasteiger charge is -2.35. The molecule has 1 aliphatic rings. The Morgan fingerprint density at radius 2 is 2.10 bits per heavy atom. The molecule has 0 aromatic carbocycles. The molecule has 0 radical (unpaired) electrons. The number of H-pyrrole nitrogens is 1. The van der Waals surface area contributed by atoms with Crippen LogP contribution in [0.4, 0.5) is 5.69 Å². The first-order chi connectivity index (χ1) is 10.2. The normalized spacial score (nSPS) is 15.9. The number of aromatic nitrogens is 4. The molecule has 1 aliphatic heterocycles. The van der Waals surface area contributed by atoms with Crippen molar-refractivity contribution in [2.24, 2.45) is 0 Å². The molecule has 0 aliphatic carbocycles. The Bertz CT molecular complexity index is 632. The third-order valence-corrected chi connectivity index (χ3v) is 3.61. The highest BCUT2D eigenvalue weighted by molar-refractivity contribution is 5.46. The number of rotatable bonds is 3. The van der Waals surface area contributed by atoms with Crippen LogP contribution in [0.25, 0.3) is 0 Å². The van der Waals surface area contributed by atoms with Gasteiger partial charge in [0.15, 0.2) is 5.82 Å². The van der Waals surface area contributed by atoms with E-state index in [-0.39, 0.29) is 0 Å². The molecule has 3 heterocycles. The predicted octanol–water partition coefficient (Wildman–Crippen LogP) is 0.702. The number of nitrogens with zero attached hydrogens (tertiary/aromatic N) is 6. The van der Waals surface area contributed by atoms with E-state index < -0.39 is 0 Å². The second kappa shape index (κ2) is 5.89. The molecule has 1 fully saturated rings. The maximum Gasteiger partial charge on any atom is 0.164 e. The van der Waals surface area contributed by atoms with Crippen molar-refractivity contribution < 1.29 is 0 Å². The number of anilines is 1. The number of nitriles is 1. The number of hydrogen-bond donors (Lipinski definition) is 1. The van der Waals surface area contributed by atoms with Gasteiger partial charge in [-0.25, -0.2) is 9.97 Å². The highest BCUT2D eigenvalue weighted by atomic mass is 15.3. The highest BCUT2D eigenvalue weighted by Gasteiger charge is 2.18. The minimum absolute atomic E-state index is 0.456. The lowest BCUT2D eigenvalue weighted by molar-refractivity contribution is 0.244. The summed E-state index contributed by atoms with van der Waals surface area (Å²) in [5.41, 5.74) is 1.53. The zero-order chi connectivity index (χ0) is 14.7. The van der Waals surface area contributed by atoms with Crippen LogP contribution in [0.1, 0.15) is 17.3 Å². The molecular formula is C14H17N7. The molecule has 0 saturated carbocycles. The Kier molecular flexibility index (Phi) is 3.79. The van der Waals surface area contributed by atoms with E-state index in [1.807, 2.05) is 19.1 Å². The van der Waals surface area contributed by atoms with Crippen LogP contribution >= 0.6 is 0 Å². The topological polar surface area (TPSA) is 84.7 Å². The Balaban J connectivity index is 1.56. The maximum atomic E-state index is 8.77. The molecule has 21 heavy (non-hydrogen) atoms. The number of nitrogens with one attached hydrogen (secondary N) is 1. The zero-order valence-electron chi connectivity index (χ0n) is 12.0. The number of aromatic amines is 1. The first-order valence-corrected chi connectivity index (χ1v) is 6.96.